The summed E-state index contributed by atoms with van der Waals surface area (Å²) in [6.45, 7) is 3.20. The monoisotopic (exact) mass is 487 g/mol. The quantitative estimate of drug-likeness (QED) is 0.389. The van der Waals surface area contributed by atoms with Crippen molar-refractivity contribution in [2.45, 2.75) is 10.8 Å². The van der Waals surface area contributed by atoms with Gasteiger partial charge in [-0.05, 0) is 42.8 Å². The van der Waals surface area contributed by atoms with Crippen molar-refractivity contribution in [3.8, 4) is 0 Å². The lowest BCUT2D eigenvalue weighted by Crippen LogP contribution is -2.18. The molecular formula is C20H14Cl3F2N3O3. The molecule has 1 unspecified atom stereocenters. The Kier molecular flexibility index (Phi) is 6.54. The van der Waals surface area contributed by atoms with E-state index in [2.05, 4.69) is 17.2 Å². The van der Waals surface area contributed by atoms with Crippen molar-refractivity contribution < 1.29 is 23.2 Å². The maximum Gasteiger partial charge on any atom is 0.257 e. The van der Waals surface area contributed by atoms with Gasteiger partial charge >= 0.3 is 0 Å². The van der Waals surface area contributed by atoms with Crippen molar-refractivity contribution >= 4 is 69.6 Å². The highest BCUT2D eigenvalue weighted by Gasteiger charge is 2.56. The summed E-state index contributed by atoms with van der Waals surface area (Å²) in [6, 6.07) is 5.97. The minimum absolute atomic E-state index is 0.0219. The summed E-state index contributed by atoms with van der Waals surface area (Å²) >= 11 is 17.8. The van der Waals surface area contributed by atoms with E-state index in [1.807, 2.05) is 5.32 Å². The molecule has 31 heavy (non-hydrogen) atoms. The molecule has 1 saturated carbocycles. The Hall–Kier alpha value is -2.68. The number of hydrogen-bond donors (Lipinski definition) is 3. The molecule has 11 heteroatoms. The van der Waals surface area contributed by atoms with Crippen LogP contribution in [0.4, 0.5) is 25.8 Å². The van der Waals surface area contributed by atoms with Gasteiger partial charge in [-0.3, -0.25) is 14.4 Å². The Morgan fingerprint density at radius 2 is 1.77 bits per heavy atom. The van der Waals surface area contributed by atoms with Gasteiger partial charge < -0.3 is 16.0 Å². The first-order valence-corrected chi connectivity index (χ1v) is 9.88. The minimum Gasteiger partial charge on any atom is -0.326 e. The normalized spacial score (nSPS) is 16.2. The summed E-state index contributed by atoms with van der Waals surface area (Å²) in [7, 11) is 0. The summed E-state index contributed by atoms with van der Waals surface area (Å²) < 4.78 is 27.4. The molecule has 3 rings (SSSR count). The second kappa shape index (κ2) is 8.82. The highest BCUT2D eigenvalue weighted by atomic mass is 35.5. The van der Waals surface area contributed by atoms with Crippen LogP contribution in [0.3, 0.4) is 0 Å². The van der Waals surface area contributed by atoms with E-state index in [1.165, 1.54) is 18.2 Å². The van der Waals surface area contributed by atoms with E-state index < -0.39 is 51.0 Å². The van der Waals surface area contributed by atoms with E-state index in [-0.39, 0.29) is 16.3 Å². The largest absolute Gasteiger partial charge is 0.326 e. The Labute approximate surface area is 190 Å². The molecule has 162 valence electrons. The van der Waals surface area contributed by atoms with Crippen LogP contribution in [-0.4, -0.2) is 22.1 Å². The van der Waals surface area contributed by atoms with Crippen LogP contribution in [0.5, 0.6) is 0 Å². The number of alkyl halides is 2. The molecule has 6 nitrogen and oxygen atoms in total. The first kappa shape index (κ1) is 23.0. The van der Waals surface area contributed by atoms with Crippen molar-refractivity contribution in [3.05, 3.63) is 65.2 Å². The van der Waals surface area contributed by atoms with Crippen molar-refractivity contribution in [2.24, 2.45) is 5.92 Å². The number of anilines is 3. The maximum absolute atomic E-state index is 14.6. The minimum atomic E-state index is -1.20. The average molecular weight is 489 g/mol. The maximum atomic E-state index is 14.6. The van der Waals surface area contributed by atoms with Crippen LogP contribution in [0, 0.1) is 17.6 Å². The number of halogens is 5. The lowest BCUT2D eigenvalue weighted by Gasteiger charge is -2.13. The zero-order valence-corrected chi connectivity index (χ0v) is 17.8. The molecule has 0 aromatic heterocycles. The Bertz CT molecular complexity index is 1110. The van der Waals surface area contributed by atoms with Crippen LogP contribution in [0.1, 0.15) is 16.8 Å². The molecule has 1 aliphatic carbocycles. The van der Waals surface area contributed by atoms with Gasteiger partial charge in [0.15, 0.2) is 5.82 Å². The number of rotatable bonds is 6. The number of carbonyl (C=O) groups excluding carboxylic acids is 3. The average Bonchev–Trinajstić information content (AvgIpc) is 3.36. The Balaban J connectivity index is 1.80. The third-order valence-electron chi connectivity index (χ3n) is 4.39. The van der Waals surface area contributed by atoms with Crippen molar-refractivity contribution in [3.63, 3.8) is 0 Å². The molecule has 3 N–H and O–H groups in total. The number of hydrogen-bond acceptors (Lipinski definition) is 3. The number of nitrogens with one attached hydrogen (secondary N) is 3. The topological polar surface area (TPSA) is 87.3 Å². The van der Waals surface area contributed by atoms with Gasteiger partial charge in [-0.1, -0.05) is 18.2 Å². The second-order valence-corrected chi connectivity index (χ2v) is 8.58. The Morgan fingerprint density at radius 3 is 2.39 bits per heavy atom. The van der Waals surface area contributed by atoms with E-state index in [1.54, 1.807) is 0 Å². The summed E-state index contributed by atoms with van der Waals surface area (Å²) in [4.78, 5) is 36.2. The number of benzene rings is 2. The Morgan fingerprint density at radius 1 is 1.10 bits per heavy atom. The van der Waals surface area contributed by atoms with Gasteiger partial charge in [-0.15, -0.1) is 23.2 Å². The summed E-state index contributed by atoms with van der Waals surface area (Å²) in [5.41, 5.74) is -0.985. The van der Waals surface area contributed by atoms with Crippen LogP contribution in [-0.2, 0) is 9.59 Å². The lowest BCUT2D eigenvalue weighted by molar-refractivity contribution is -0.117. The zero-order valence-electron chi connectivity index (χ0n) is 15.6. The first-order chi connectivity index (χ1) is 14.5. The van der Waals surface area contributed by atoms with Gasteiger partial charge in [0.1, 0.15) is 15.8 Å². The highest BCUT2D eigenvalue weighted by Crippen LogP contribution is 2.53. The summed E-state index contributed by atoms with van der Waals surface area (Å²) in [6.07, 6.45) is 1.14. The number of amides is 3. The molecule has 3 amide bonds. The molecule has 0 radical (unpaired) electrons. The van der Waals surface area contributed by atoms with E-state index in [9.17, 15) is 23.2 Å². The molecule has 1 aliphatic rings. The molecule has 0 heterocycles. The molecule has 0 bridgehead atoms. The van der Waals surface area contributed by atoms with Gasteiger partial charge in [-0.2, -0.15) is 0 Å². The van der Waals surface area contributed by atoms with Gasteiger partial charge in [0.05, 0.1) is 22.2 Å². The standard InChI is InChI=1S/C20H14Cl3F2N3O3/c1-2-15(29)28-17-13(24)5-6-14(16(17)25)27-18(30)10-7-9(3-4-12(10)21)26-19(31)11-8-20(11,22)23/h2-7,11H,1,8H2,(H,26,31)(H,27,30)(H,28,29). The fraction of sp³-hybridized carbons (Fsp3) is 0.150. The molecule has 0 saturated heterocycles. The highest BCUT2D eigenvalue weighted by molar-refractivity contribution is 6.52. The lowest BCUT2D eigenvalue weighted by atomic mass is 10.1. The van der Waals surface area contributed by atoms with E-state index >= 15 is 0 Å². The van der Waals surface area contributed by atoms with Crippen LogP contribution < -0.4 is 16.0 Å². The smallest absolute Gasteiger partial charge is 0.257 e. The van der Waals surface area contributed by atoms with Crippen LogP contribution in [0.2, 0.25) is 5.02 Å². The molecule has 1 fully saturated rings. The molecule has 1 atom stereocenters. The van der Waals surface area contributed by atoms with Gasteiger partial charge in [0, 0.05) is 5.69 Å². The third-order valence-corrected chi connectivity index (χ3v) is 5.56. The van der Waals surface area contributed by atoms with Crippen molar-refractivity contribution in [1.29, 1.82) is 0 Å². The van der Waals surface area contributed by atoms with E-state index in [4.69, 9.17) is 34.8 Å². The fourth-order valence-electron chi connectivity index (χ4n) is 2.63. The van der Waals surface area contributed by atoms with Crippen LogP contribution in [0.25, 0.3) is 0 Å². The van der Waals surface area contributed by atoms with E-state index in [0.29, 0.717) is 6.42 Å². The zero-order chi connectivity index (χ0) is 22.9. The van der Waals surface area contributed by atoms with Crippen molar-refractivity contribution in [1.82, 2.24) is 0 Å². The van der Waals surface area contributed by atoms with Gasteiger partial charge in [0.25, 0.3) is 5.91 Å². The fourth-order valence-corrected chi connectivity index (χ4v) is 3.34. The molecular weight excluding hydrogens is 475 g/mol. The molecule has 0 spiro atoms. The SMILES string of the molecule is C=CC(=O)Nc1c(F)ccc(NC(=O)c2cc(NC(=O)C3CC3(Cl)Cl)ccc2Cl)c1F. The molecule has 2 aromatic carbocycles. The molecule has 2 aromatic rings. The molecule has 0 aliphatic heterocycles. The third kappa shape index (κ3) is 5.15. The van der Waals surface area contributed by atoms with Gasteiger partial charge in [0.2, 0.25) is 11.8 Å². The second-order valence-electron chi connectivity index (χ2n) is 6.63. The predicted molar refractivity (Wildman–Crippen MR) is 116 cm³/mol. The summed E-state index contributed by atoms with van der Waals surface area (Å²) in [5.74, 6) is -4.90. The van der Waals surface area contributed by atoms with Gasteiger partial charge in [-0.25, -0.2) is 8.78 Å². The number of carbonyl (C=O) groups is 3. The van der Waals surface area contributed by atoms with E-state index in [0.717, 1.165) is 18.2 Å². The summed E-state index contributed by atoms with van der Waals surface area (Å²) in [5, 5.41) is 6.85. The van der Waals surface area contributed by atoms with Crippen LogP contribution >= 0.6 is 34.8 Å². The first-order valence-electron chi connectivity index (χ1n) is 8.74. The predicted octanol–water partition coefficient (Wildman–Crippen LogP) is 5.13. The van der Waals surface area contributed by atoms with Crippen molar-refractivity contribution in [2.75, 3.05) is 16.0 Å². The van der Waals surface area contributed by atoms with Crippen LogP contribution in [0.15, 0.2) is 43.0 Å².